The van der Waals surface area contributed by atoms with Gasteiger partial charge >= 0.3 is 0 Å². The summed E-state index contributed by atoms with van der Waals surface area (Å²) in [5.74, 6) is -0.436. The van der Waals surface area contributed by atoms with E-state index in [9.17, 15) is 9.59 Å². The molecule has 3 aromatic carbocycles. The highest BCUT2D eigenvalue weighted by Crippen LogP contribution is 2.20. The summed E-state index contributed by atoms with van der Waals surface area (Å²) >= 11 is 5.93. The Kier molecular flexibility index (Phi) is 6.62. The van der Waals surface area contributed by atoms with E-state index in [2.05, 4.69) is 15.8 Å². The number of hydrogen-bond acceptors (Lipinski definition) is 3. The number of benzene rings is 3. The number of fused-ring (bicyclic) bond motifs is 1. The molecule has 0 radical (unpaired) electrons. The van der Waals surface area contributed by atoms with Gasteiger partial charge in [0.25, 0.3) is 0 Å². The van der Waals surface area contributed by atoms with Crippen molar-refractivity contribution in [2.45, 2.75) is 26.7 Å². The zero-order valence-electron chi connectivity index (χ0n) is 16.3. The van der Waals surface area contributed by atoms with Crippen molar-refractivity contribution in [3.63, 3.8) is 0 Å². The fraction of sp³-hybridized carbons (Fsp3) is 0.174. The molecule has 0 aliphatic heterocycles. The summed E-state index contributed by atoms with van der Waals surface area (Å²) < 4.78 is 0. The van der Waals surface area contributed by atoms with Gasteiger partial charge < -0.3 is 5.32 Å². The molecule has 2 amide bonds. The fourth-order valence-electron chi connectivity index (χ4n) is 3.05. The van der Waals surface area contributed by atoms with Crippen LogP contribution in [0.5, 0.6) is 0 Å². The molecular formula is C23H22ClN3O2. The summed E-state index contributed by atoms with van der Waals surface area (Å²) in [6.45, 7) is 3.57. The average molecular weight is 408 g/mol. The molecule has 0 unspecified atom stereocenters. The van der Waals surface area contributed by atoms with Crippen molar-refractivity contribution in [2.75, 3.05) is 5.32 Å². The van der Waals surface area contributed by atoms with Gasteiger partial charge in [-0.25, -0.2) is 5.43 Å². The van der Waals surface area contributed by atoms with Crippen LogP contribution < -0.4 is 10.7 Å². The van der Waals surface area contributed by atoms with E-state index >= 15 is 0 Å². The lowest BCUT2D eigenvalue weighted by molar-refractivity contribution is -0.120. The van der Waals surface area contributed by atoms with Crippen molar-refractivity contribution in [1.82, 2.24) is 5.43 Å². The van der Waals surface area contributed by atoms with Crippen LogP contribution in [0.15, 0.2) is 65.8 Å². The molecule has 3 aromatic rings. The normalized spacial score (nSPS) is 11.3. The van der Waals surface area contributed by atoms with E-state index in [1.807, 2.05) is 49.4 Å². The Morgan fingerprint density at radius 3 is 2.55 bits per heavy atom. The van der Waals surface area contributed by atoms with Gasteiger partial charge in [0.15, 0.2) is 0 Å². The molecule has 0 saturated heterocycles. The average Bonchev–Trinajstić information content (AvgIpc) is 2.69. The maximum atomic E-state index is 12.3. The standard InChI is InChI=1S/C23H22ClN3O2/c1-15-12-19(24)10-11-21(15)25-22(28)13-16(2)26-27-23(29)14-18-8-5-7-17-6-3-4-9-20(17)18/h3-12H,13-14H2,1-2H3,(H,25,28)(H,27,29)/b26-16+. The molecule has 3 rings (SSSR count). The molecular weight excluding hydrogens is 386 g/mol. The van der Waals surface area contributed by atoms with Crippen molar-refractivity contribution >= 4 is 45.6 Å². The van der Waals surface area contributed by atoms with E-state index in [4.69, 9.17) is 11.6 Å². The Hall–Kier alpha value is -3.18. The summed E-state index contributed by atoms with van der Waals surface area (Å²) in [4.78, 5) is 24.5. The van der Waals surface area contributed by atoms with Gasteiger partial charge in [0, 0.05) is 16.4 Å². The maximum absolute atomic E-state index is 12.3. The fourth-order valence-corrected chi connectivity index (χ4v) is 3.28. The number of amides is 2. The number of aryl methyl sites for hydroxylation is 1. The van der Waals surface area contributed by atoms with Crippen LogP contribution in [0.3, 0.4) is 0 Å². The molecule has 0 bridgehead atoms. The highest BCUT2D eigenvalue weighted by Gasteiger charge is 2.09. The molecule has 0 heterocycles. The first kappa shape index (κ1) is 20.6. The van der Waals surface area contributed by atoms with Gasteiger partial charge in [-0.2, -0.15) is 5.10 Å². The molecule has 6 heteroatoms. The number of hydrogen-bond donors (Lipinski definition) is 2. The number of anilines is 1. The first-order valence-electron chi connectivity index (χ1n) is 9.27. The molecule has 0 aliphatic carbocycles. The van der Waals surface area contributed by atoms with Gasteiger partial charge in [-0.3, -0.25) is 9.59 Å². The summed E-state index contributed by atoms with van der Waals surface area (Å²) in [5.41, 5.74) is 5.56. The van der Waals surface area contributed by atoms with Crippen molar-refractivity contribution in [1.29, 1.82) is 0 Å². The summed E-state index contributed by atoms with van der Waals surface area (Å²) in [5, 5.41) is 9.63. The van der Waals surface area contributed by atoms with Gasteiger partial charge in [0.1, 0.15) is 0 Å². The third-order valence-corrected chi connectivity index (χ3v) is 4.72. The summed E-state index contributed by atoms with van der Waals surface area (Å²) in [6, 6.07) is 19.1. The molecule has 2 N–H and O–H groups in total. The van der Waals surface area contributed by atoms with Gasteiger partial charge in [0.2, 0.25) is 11.8 Å². The Morgan fingerprint density at radius 1 is 1.00 bits per heavy atom. The van der Waals surface area contributed by atoms with Crippen LogP contribution in [0.1, 0.15) is 24.5 Å². The van der Waals surface area contributed by atoms with Crippen LogP contribution in [0.25, 0.3) is 10.8 Å². The van der Waals surface area contributed by atoms with Crippen LogP contribution in [0, 0.1) is 6.92 Å². The number of nitrogens with zero attached hydrogens (tertiary/aromatic N) is 1. The minimum atomic E-state index is -0.227. The predicted octanol–water partition coefficient (Wildman–Crippen LogP) is 4.87. The molecule has 0 aliphatic rings. The number of carbonyl (C=O) groups is 2. The quantitative estimate of drug-likeness (QED) is 0.452. The van der Waals surface area contributed by atoms with Crippen molar-refractivity contribution in [2.24, 2.45) is 5.10 Å². The second-order valence-corrected chi connectivity index (χ2v) is 7.32. The Bertz CT molecular complexity index is 1090. The maximum Gasteiger partial charge on any atom is 0.244 e. The Morgan fingerprint density at radius 2 is 1.76 bits per heavy atom. The minimum absolute atomic E-state index is 0.0800. The number of carbonyl (C=O) groups excluding carboxylic acids is 2. The first-order chi connectivity index (χ1) is 13.9. The number of hydrazone groups is 1. The number of rotatable bonds is 6. The SMILES string of the molecule is C/C(CC(=O)Nc1ccc(Cl)cc1C)=N\NC(=O)Cc1cccc2ccccc12. The van der Waals surface area contributed by atoms with E-state index < -0.39 is 0 Å². The van der Waals surface area contributed by atoms with Crippen molar-refractivity contribution in [3.05, 3.63) is 76.8 Å². The van der Waals surface area contributed by atoms with Crippen LogP contribution in [-0.2, 0) is 16.0 Å². The molecule has 5 nitrogen and oxygen atoms in total. The van der Waals surface area contributed by atoms with Gasteiger partial charge in [0.05, 0.1) is 12.8 Å². The molecule has 0 spiro atoms. The third kappa shape index (κ3) is 5.65. The van der Waals surface area contributed by atoms with Crippen LogP contribution in [0.2, 0.25) is 5.02 Å². The van der Waals surface area contributed by atoms with E-state index in [-0.39, 0.29) is 24.7 Å². The first-order valence-corrected chi connectivity index (χ1v) is 9.65. The number of halogens is 1. The zero-order chi connectivity index (χ0) is 20.8. The van der Waals surface area contributed by atoms with Crippen molar-refractivity contribution < 1.29 is 9.59 Å². The van der Waals surface area contributed by atoms with E-state index in [0.29, 0.717) is 16.4 Å². The second-order valence-electron chi connectivity index (χ2n) is 6.88. The second kappa shape index (κ2) is 9.34. The van der Waals surface area contributed by atoms with Gasteiger partial charge in [-0.05, 0) is 53.9 Å². The lowest BCUT2D eigenvalue weighted by atomic mass is 10.0. The highest BCUT2D eigenvalue weighted by molar-refractivity contribution is 6.30. The Balaban J connectivity index is 1.56. The van der Waals surface area contributed by atoms with E-state index in [1.54, 1.807) is 25.1 Å². The molecule has 0 atom stereocenters. The lowest BCUT2D eigenvalue weighted by Gasteiger charge is -2.09. The largest absolute Gasteiger partial charge is 0.326 e. The predicted molar refractivity (Wildman–Crippen MR) is 118 cm³/mol. The zero-order valence-corrected chi connectivity index (χ0v) is 17.1. The van der Waals surface area contributed by atoms with E-state index in [0.717, 1.165) is 21.9 Å². The van der Waals surface area contributed by atoms with Crippen molar-refractivity contribution in [3.8, 4) is 0 Å². The number of nitrogens with one attached hydrogen (secondary N) is 2. The summed E-state index contributed by atoms with van der Waals surface area (Å²) in [6.07, 6.45) is 0.297. The Labute approximate surface area is 174 Å². The van der Waals surface area contributed by atoms with Crippen LogP contribution >= 0.6 is 11.6 Å². The topological polar surface area (TPSA) is 70.6 Å². The smallest absolute Gasteiger partial charge is 0.244 e. The minimum Gasteiger partial charge on any atom is -0.326 e. The molecule has 0 aromatic heterocycles. The molecule has 148 valence electrons. The molecule has 0 fully saturated rings. The monoisotopic (exact) mass is 407 g/mol. The van der Waals surface area contributed by atoms with Gasteiger partial charge in [-0.15, -0.1) is 0 Å². The molecule has 0 saturated carbocycles. The third-order valence-electron chi connectivity index (χ3n) is 4.48. The van der Waals surface area contributed by atoms with E-state index in [1.165, 1.54) is 0 Å². The highest BCUT2D eigenvalue weighted by atomic mass is 35.5. The lowest BCUT2D eigenvalue weighted by Crippen LogP contribution is -2.23. The van der Waals surface area contributed by atoms with Crippen LogP contribution in [-0.4, -0.2) is 17.5 Å². The van der Waals surface area contributed by atoms with Gasteiger partial charge in [-0.1, -0.05) is 54.1 Å². The van der Waals surface area contributed by atoms with Crippen LogP contribution in [0.4, 0.5) is 5.69 Å². The molecule has 29 heavy (non-hydrogen) atoms. The summed E-state index contributed by atoms with van der Waals surface area (Å²) in [7, 11) is 0.